The maximum absolute atomic E-state index is 8.69. The second kappa shape index (κ2) is 8.16. The highest BCUT2D eigenvalue weighted by Crippen LogP contribution is 2.19. The molecule has 0 aliphatic heterocycles. The van der Waals surface area contributed by atoms with E-state index >= 15 is 0 Å². The summed E-state index contributed by atoms with van der Waals surface area (Å²) in [5.41, 5.74) is 7.23. The Morgan fingerprint density at radius 3 is 2.95 bits per heavy atom. The van der Waals surface area contributed by atoms with Gasteiger partial charge in [0.25, 0.3) is 0 Å². The SMILES string of the molecule is C/C=C/CCNCc1cc(/C(N)=N/O)ccc1OC. The van der Waals surface area contributed by atoms with Gasteiger partial charge in [0.15, 0.2) is 5.84 Å². The Morgan fingerprint density at radius 2 is 2.32 bits per heavy atom. The number of hydrogen-bond acceptors (Lipinski definition) is 4. The van der Waals surface area contributed by atoms with Crippen LogP contribution in [-0.4, -0.2) is 24.7 Å². The molecule has 5 heteroatoms. The number of amidine groups is 1. The van der Waals surface area contributed by atoms with Crippen molar-refractivity contribution < 1.29 is 9.94 Å². The molecule has 0 amide bonds. The summed E-state index contributed by atoms with van der Waals surface area (Å²) in [6.07, 6.45) is 5.12. The van der Waals surface area contributed by atoms with Crippen molar-refractivity contribution in [1.82, 2.24) is 5.32 Å². The summed E-state index contributed by atoms with van der Waals surface area (Å²) in [6.45, 7) is 3.57. The Bertz CT molecular complexity index is 456. The summed E-state index contributed by atoms with van der Waals surface area (Å²) >= 11 is 0. The van der Waals surface area contributed by atoms with Gasteiger partial charge in [0.1, 0.15) is 5.75 Å². The Hall–Kier alpha value is -2.01. The van der Waals surface area contributed by atoms with Crippen molar-refractivity contribution in [2.45, 2.75) is 19.9 Å². The fourth-order valence-electron chi connectivity index (χ4n) is 1.71. The zero-order chi connectivity index (χ0) is 14.1. The minimum absolute atomic E-state index is 0.0952. The summed E-state index contributed by atoms with van der Waals surface area (Å²) < 4.78 is 5.29. The number of hydrogen-bond donors (Lipinski definition) is 3. The molecular weight excluding hydrogens is 242 g/mol. The molecule has 5 nitrogen and oxygen atoms in total. The Labute approximate surface area is 113 Å². The van der Waals surface area contributed by atoms with Crippen molar-refractivity contribution in [3.8, 4) is 5.75 Å². The smallest absolute Gasteiger partial charge is 0.170 e. The summed E-state index contributed by atoms with van der Waals surface area (Å²) in [4.78, 5) is 0. The third kappa shape index (κ3) is 4.63. The molecule has 0 atom stereocenters. The van der Waals surface area contributed by atoms with Crippen LogP contribution >= 0.6 is 0 Å². The maximum atomic E-state index is 8.69. The Balaban J connectivity index is 2.73. The Kier molecular flexibility index (Phi) is 6.46. The number of rotatable bonds is 7. The zero-order valence-corrected chi connectivity index (χ0v) is 11.4. The van der Waals surface area contributed by atoms with E-state index in [1.54, 1.807) is 13.2 Å². The normalized spacial score (nSPS) is 12.0. The summed E-state index contributed by atoms with van der Waals surface area (Å²) in [6, 6.07) is 5.43. The molecule has 4 N–H and O–H groups in total. The lowest BCUT2D eigenvalue weighted by atomic mass is 10.1. The molecule has 0 saturated heterocycles. The third-order valence-electron chi connectivity index (χ3n) is 2.72. The van der Waals surface area contributed by atoms with Crippen molar-refractivity contribution >= 4 is 5.84 Å². The van der Waals surface area contributed by atoms with Gasteiger partial charge in [0, 0.05) is 17.7 Å². The molecule has 0 saturated carbocycles. The highest BCUT2D eigenvalue weighted by molar-refractivity contribution is 5.97. The zero-order valence-electron chi connectivity index (χ0n) is 11.4. The molecule has 1 aromatic rings. The number of allylic oxidation sites excluding steroid dienone is 1. The van der Waals surface area contributed by atoms with Gasteiger partial charge in [-0.05, 0) is 38.1 Å². The highest BCUT2D eigenvalue weighted by atomic mass is 16.5. The van der Waals surface area contributed by atoms with E-state index in [1.807, 2.05) is 25.1 Å². The molecule has 0 spiro atoms. The minimum atomic E-state index is 0.0952. The first-order valence-electron chi connectivity index (χ1n) is 6.19. The monoisotopic (exact) mass is 263 g/mol. The second-order valence-electron chi connectivity index (χ2n) is 4.05. The molecule has 0 aromatic heterocycles. The van der Waals surface area contributed by atoms with E-state index in [0.717, 1.165) is 24.3 Å². The van der Waals surface area contributed by atoms with E-state index in [9.17, 15) is 0 Å². The minimum Gasteiger partial charge on any atom is -0.496 e. The van der Waals surface area contributed by atoms with Crippen LogP contribution in [0.2, 0.25) is 0 Å². The third-order valence-corrected chi connectivity index (χ3v) is 2.72. The number of nitrogens with two attached hydrogens (primary N) is 1. The molecule has 1 aromatic carbocycles. The van der Waals surface area contributed by atoms with Crippen LogP contribution in [0.1, 0.15) is 24.5 Å². The summed E-state index contributed by atoms with van der Waals surface area (Å²) in [5.74, 6) is 0.880. The van der Waals surface area contributed by atoms with Gasteiger partial charge in [-0.2, -0.15) is 0 Å². The van der Waals surface area contributed by atoms with E-state index in [4.69, 9.17) is 15.7 Å². The van der Waals surface area contributed by atoms with Gasteiger partial charge in [-0.1, -0.05) is 17.3 Å². The molecule has 0 radical (unpaired) electrons. The van der Waals surface area contributed by atoms with Crippen LogP contribution in [0.3, 0.4) is 0 Å². The number of nitrogens with one attached hydrogen (secondary N) is 1. The molecule has 1 rings (SSSR count). The van der Waals surface area contributed by atoms with Gasteiger partial charge >= 0.3 is 0 Å². The Morgan fingerprint density at radius 1 is 1.53 bits per heavy atom. The largest absolute Gasteiger partial charge is 0.496 e. The van der Waals surface area contributed by atoms with Crippen LogP contribution in [0.5, 0.6) is 5.75 Å². The van der Waals surface area contributed by atoms with Gasteiger partial charge in [-0.15, -0.1) is 0 Å². The van der Waals surface area contributed by atoms with Gasteiger partial charge in [-0.25, -0.2) is 0 Å². The first-order valence-corrected chi connectivity index (χ1v) is 6.19. The fraction of sp³-hybridized carbons (Fsp3) is 0.357. The molecular formula is C14H21N3O2. The van der Waals surface area contributed by atoms with E-state index in [2.05, 4.69) is 16.5 Å². The lowest BCUT2D eigenvalue weighted by Crippen LogP contribution is -2.17. The van der Waals surface area contributed by atoms with Crippen molar-refractivity contribution in [3.05, 3.63) is 41.5 Å². The van der Waals surface area contributed by atoms with Crippen molar-refractivity contribution in [2.24, 2.45) is 10.9 Å². The summed E-state index contributed by atoms with van der Waals surface area (Å²) in [5, 5.41) is 15.0. The average molecular weight is 263 g/mol. The topological polar surface area (TPSA) is 79.9 Å². The number of ether oxygens (including phenoxy) is 1. The second-order valence-corrected chi connectivity index (χ2v) is 4.05. The van der Waals surface area contributed by atoms with E-state index in [1.165, 1.54) is 0 Å². The number of methoxy groups -OCH3 is 1. The molecule has 0 unspecified atom stereocenters. The summed E-state index contributed by atoms with van der Waals surface area (Å²) in [7, 11) is 1.63. The van der Waals surface area contributed by atoms with Crippen LogP contribution in [0.15, 0.2) is 35.5 Å². The standard InChI is InChI=1S/C14H21N3O2/c1-3-4-5-8-16-10-12-9-11(14(15)17-18)6-7-13(12)19-2/h3-4,6-7,9,16,18H,5,8,10H2,1-2H3,(H2,15,17)/b4-3+. The lowest BCUT2D eigenvalue weighted by molar-refractivity contribution is 0.318. The predicted molar refractivity (Wildman–Crippen MR) is 76.6 cm³/mol. The number of benzene rings is 1. The van der Waals surface area contributed by atoms with E-state index in [0.29, 0.717) is 12.1 Å². The van der Waals surface area contributed by atoms with Gasteiger partial charge in [0.05, 0.1) is 7.11 Å². The molecule has 104 valence electrons. The number of oxime groups is 1. The van der Waals surface area contributed by atoms with Crippen LogP contribution in [0.4, 0.5) is 0 Å². The molecule has 0 aliphatic carbocycles. The van der Waals surface area contributed by atoms with Crippen LogP contribution in [0, 0.1) is 0 Å². The van der Waals surface area contributed by atoms with Crippen molar-refractivity contribution in [2.75, 3.05) is 13.7 Å². The quantitative estimate of drug-likeness (QED) is 0.175. The van der Waals surface area contributed by atoms with Gasteiger partial charge in [-0.3, -0.25) is 0 Å². The molecule has 0 fully saturated rings. The predicted octanol–water partition coefficient (Wildman–Crippen LogP) is 1.85. The fourth-order valence-corrected chi connectivity index (χ4v) is 1.71. The lowest BCUT2D eigenvalue weighted by Gasteiger charge is -2.11. The number of nitrogens with zero attached hydrogens (tertiary/aromatic N) is 1. The van der Waals surface area contributed by atoms with Crippen LogP contribution in [0.25, 0.3) is 0 Å². The van der Waals surface area contributed by atoms with Crippen molar-refractivity contribution in [3.63, 3.8) is 0 Å². The maximum Gasteiger partial charge on any atom is 0.170 e. The highest BCUT2D eigenvalue weighted by Gasteiger charge is 2.06. The molecule has 0 bridgehead atoms. The van der Waals surface area contributed by atoms with Gasteiger partial charge in [0.2, 0.25) is 0 Å². The average Bonchev–Trinajstić information content (AvgIpc) is 2.46. The van der Waals surface area contributed by atoms with E-state index in [-0.39, 0.29) is 5.84 Å². The van der Waals surface area contributed by atoms with Crippen LogP contribution < -0.4 is 15.8 Å². The first-order chi connectivity index (χ1) is 9.22. The first kappa shape index (κ1) is 15.0. The van der Waals surface area contributed by atoms with Crippen LogP contribution in [-0.2, 0) is 6.54 Å². The molecule has 19 heavy (non-hydrogen) atoms. The van der Waals surface area contributed by atoms with Crippen molar-refractivity contribution in [1.29, 1.82) is 0 Å². The molecule has 0 heterocycles. The molecule has 0 aliphatic rings. The van der Waals surface area contributed by atoms with Gasteiger partial charge < -0.3 is 21.0 Å². The van der Waals surface area contributed by atoms with E-state index < -0.39 is 0 Å².